The zero-order valence-corrected chi connectivity index (χ0v) is 17.7. The first kappa shape index (κ1) is 20.1. The normalized spacial score (nSPS) is 18.2. The van der Waals surface area contributed by atoms with E-state index in [9.17, 15) is 14.7 Å². The maximum atomic E-state index is 12.9. The lowest BCUT2D eigenvalue weighted by Crippen LogP contribution is -2.36. The highest BCUT2D eigenvalue weighted by atomic mass is 79.9. The molecule has 3 aromatic rings. The largest absolute Gasteiger partial charge is 0.507 e. The zero-order valence-electron chi connectivity index (χ0n) is 16.2. The number of aryl methyl sites for hydroxylation is 1. The standard InChI is InChI=1S/C23H20BrN3O3/c24-18-9-7-17(8-10-18)21(28)19-20(16-5-2-1-3-6-16)27(23(30)22(19)29)13-4-12-26-14-11-25-15-26/h1-3,5-11,14-15,20H,4,12-13H2,(H,28,29)/p+1. The molecule has 0 saturated carbocycles. The van der Waals surface area contributed by atoms with Gasteiger partial charge in [0.15, 0.2) is 0 Å². The van der Waals surface area contributed by atoms with Crippen molar-refractivity contribution in [2.45, 2.75) is 19.0 Å². The molecule has 1 aromatic heterocycles. The van der Waals surface area contributed by atoms with Gasteiger partial charge in [0.2, 0.25) is 6.33 Å². The minimum atomic E-state index is -0.654. The highest BCUT2D eigenvalue weighted by molar-refractivity contribution is 9.10. The summed E-state index contributed by atoms with van der Waals surface area (Å²) in [5, 5.41) is 11.0. The van der Waals surface area contributed by atoms with Crippen LogP contribution in [0.5, 0.6) is 0 Å². The summed E-state index contributed by atoms with van der Waals surface area (Å²) in [6.45, 7) is 1.11. The molecule has 1 aliphatic heterocycles. The number of Topliss-reactive ketones (excluding diaryl/α,β-unsaturated/α-hetero) is 1. The Labute approximate surface area is 182 Å². The zero-order chi connectivity index (χ0) is 21.1. The van der Waals surface area contributed by atoms with Crippen LogP contribution in [0.1, 0.15) is 23.6 Å². The molecule has 0 bridgehead atoms. The number of amides is 1. The van der Waals surface area contributed by atoms with Crippen molar-refractivity contribution in [3.8, 4) is 0 Å². The van der Waals surface area contributed by atoms with Crippen LogP contribution in [0.4, 0.5) is 0 Å². The number of nitrogens with one attached hydrogen (secondary N) is 1. The quantitative estimate of drug-likeness (QED) is 0.252. The molecule has 4 rings (SSSR count). The molecule has 0 radical (unpaired) electrons. The van der Waals surface area contributed by atoms with E-state index >= 15 is 0 Å². The topological polar surface area (TPSA) is 77.3 Å². The predicted molar refractivity (Wildman–Crippen MR) is 115 cm³/mol. The van der Waals surface area contributed by atoms with Crippen LogP contribution >= 0.6 is 15.9 Å². The highest BCUT2D eigenvalue weighted by Crippen LogP contribution is 2.39. The SMILES string of the molecule is O=C1C(=O)N(CCC[n+]2cc[nH]c2)C(c2ccccc2)C1=C(O)c1ccc(Br)cc1. The molecule has 1 unspecified atom stereocenters. The first-order valence-electron chi connectivity index (χ1n) is 9.67. The van der Waals surface area contributed by atoms with Gasteiger partial charge >= 0.3 is 0 Å². The predicted octanol–water partition coefficient (Wildman–Crippen LogP) is 3.58. The first-order chi connectivity index (χ1) is 14.6. The molecule has 1 fully saturated rings. The fourth-order valence-corrected chi connectivity index (χ4v) is 4.00. The minimum Gasteiger partial charge on any atom is -0.507 e. The van der Waals surface area contributed by atoms with Gasteiger partial charge in [-0.3, -0.25) is 14.6 Å². The van der Waals surface area contributed by atoms with Crippen LogP contribution in [-0.2, 0) is 16.1 Å². The third-order valence-corrected chi connectivity index (χ3v) is 5.72. The van der Waals surface area contributed by atoms with Gasteiger partial charge < -0.3 is 10.0 Å². The van der Waals surface area contributed by atoms with Gasteiger partial charge in [-0.15, -0.1) is 0 Å². The summed E-state index contributed by atoms with van der Waals surface area (Å²) in [4.78, 5) is 30.4. The van der Waals surface area contributed by atoms with Crippen LogP contribution in [-0.4, -0.2) is 33.2 Å². The van der Waals surface area contributed by atoms with Crippen molar-refractivity contribution in [2.75, 3.05) is 6.54 Å². The van der Waals surface area contributed by atoms with E-state index in [2.05, 4.69) is 20.9 Å². The summed E-state index contributed by atoms with van der Waals surface area (Å²) in [6, 6.07) is 15.8. The smallest absolute Gasteiger partial charge is 0.295 e. The highest BCUT2D eigenvalue weighted by Gasteiger charge is 2.45. The van der Waals surface area contributed by atoms with Crippen LogP contribution in [0.25, 0.3) is 5.76 Å². The second kappa shape index (κ2) is 8.67. The lowest BCUT2D eigenvalue weighted by molar-refractivity contribution is -0.695. The van der Waals surface area contributed by atoms with Gasteiger partial charge in [0.25, 0.3) is 11.7 Å². The summed E-state index contributed by atoms with van der Waals surface area (Å²) in [6.07, 6.45) is 6.26. The Kier molecular flexibility index (Phi) is 5.81. The molecule has 6 nitrogen and oxygen atoms in total. The molecule has 0 spiro atoms. The van der Waals surface area contributed by atoms with E-state index in [0.717, 1.165) is 10.0 Å². The molecule has 1 aliphatic rings. The van der Waals surface area contributed by atoms with Crippen molar-refractivity contribution in [1.82, 2.24) is 9.88 Å². The van der Waals surface area contributed by atoms with E-state index in [-0.39, 0.29) is 11.3 Å². The van der Waals surface area contributed by atoms with Gasteiger partial charge in [0.05, 0.1) is 18.2 Å². The van der Waals surface area contributed by atoms with E-state index in [1.807, 2.05) is 53.6 Å². The third-order valence-electron chi connectivity index (χ3n) is 5.19. The molecule has 2 heterocycles. The second-order valence-corrected chi connectivity index (χ2v) is 8.03. The maximum absolute atomic E-state index is 12.9. The molecule has 1 atom stereocenters. The maximum Gasteiger partial charge on any atom is 0.295 e. The average Bonchev–Trinajstić information content (AvgIpc) is 3.37. The molecule has 2 aromatic carbocycles. The number of hydrogen-bond acceptors (Lipinski definition) is 3. The summed E-state index contributed by atoms with van der Waals surface area (Å²) in [5.74, 6) is -1.39. The minimum absolute atomic E-state index is 0.128. The lowest BCUT2D eigenvalue weighted by Gasteiger charge is -2.25. The van der Waals surface area contributed by atoms with E-state index in [4.69, 9.17) is 0 Å². The number of carbonyl (C=O) groups is 2. The molecule has 2 N–H and O–H groups in total. The molecular weight excluding hydrogens is 446 g/mol. The van der Waals surface area contributed by atoms with Crippen LogP contribution in [0.2, 0.25) is 0 Å². The summed E-state index contributed by atoms with van der Waals surface area (Å²) in [7, 11) is 0. The molecular formula is C23H21BrN3O3+. The number of benzene rings is 2. The number of carbonyl (C=O) groups excluding carboxylic acids is 2. The summed E-state index contributed by atoms with van der Waals surface area (Å²) in [5.41, 5.74) is 1.42. The van der Waals surface area contributed by atoms with Gasteiger partial charge in [-0.05, 0) is 17.7 Å². The van der Waals surface area contributed by atoms with Crippen molar-refractivity contribution in [3.05, 3.63) is 94.5 Å². The second-order valence-electron chi connectivity index (χ2n) is 7.11. The lowest BCUT2D eigenvalue weighted by atomic mass is 9.95. The number of aromatic nitrogens is 2. The monoisotopic (exact) mass is 466 g/mol. The molecule has 30 heavy (non-hydrogen) atoms. The van der Waals surface area contributed by atoms with E-state index in [1.54, 1.807) is 29.2 Å². The Bertz CT molecular complexity index is 1080. The number of likely N-dealkylation sites (tertiary alicyclic amines) is 1. The Morgan fingerprint density at radius 1 is 1.10 bits per heavy atom. The van der Waals surface area contributed by atoms with Gasteiger partial charge in [-0.25, -0.2) is 4.57 Å². The van der Waals surface area contributed by atoms with Crippen molar-refractivity contribution >= 4 is 33.4 Å². The fourth-order valence-electron chi connectivity index (χ4n) is 3.74. The Balaban J connectivity index is 1.71. The van der Waals surface area contributed by atoms with Gasteiger partial charge in [0.1, 0.15) is 18.2 Å². The molecule has 1 amide bonds. The molecule has 7 heteroatoms. The van der Waals surface area contributed by atoms with Crippen LogP contribution in [0.15, 0.2) is 83.4 Å². The number of aliphatic hydroxyl groups is 1. The number of imidazole rings is 1. The number of hydrogen-bond donors (Lipinski definition) is 2. The first-order valence-corrected chi connectivity index (χ1v) is 10.5. The number of H-pyrrole nitrogens is 1. The summed E-state index contributed by atoms with van der Waals surface area (Å²) >= 11 is 3.37. The van der Waals surface area contributed by atoms with Gasteiger partial charge in [-0.2, -0.15) is 0 Å². The fraction of sp³-hybridized carbons (Fsp3) is 0.174. The van der Waals surface area contributed by atoms with Crippen LogP contribution < -0.4 is 4.57 Å². The Hall–Kier alpha value is -3.19. The average molecular weight is 467 g/mol. The van der Waals surface area contributed by atoms with Gasteiger partial charge in [-0.1, -0.05) is 58.4 Å². The van der Waals surface area contributed by atoms with Crippen LogP contribution in [0.3, 0.4) is 0 Å². The number of halogens is 1. The van der Waals surface area contributed by atoms with E-state index < -0.39 is 17.7 Å². The number of aromatic amines is 1. The van der Waals surface area contributed by atoms with Crippen molar-refractivity contribution in [2.24, 2.45) is 0 Å². The molecule has 0 aliphatic carbocycles. The van der Waals surface area contributed by atoms with Crippen molar-refractivity contribution in [1.29, 1.82) is 0 Å². The summed E-state index contributed by atoms with van der Waals surface area (Å²) < 4.78 is 2.84. The number of rotatable bonds is 6. The van der Waals surface area contributed by atoms with E-state index in [1.165, 1.54) is 0 Å². The molecule has 1 saturated heterocycles. The van der Waals surface area contributed by atoms with E-state index in [0.29, 0.717) is 25.1 Å². The number of aliphatic hydroxyl groups excluding tert-OH is 1. The number of nitrogens with zero attached hydrogens (tertiary/aromatic N) is 2. The van der Waals surface area contributed by atoms with Crippen molar-refractivity contribution in [3.63, 3.8) is 0 Å². The Morgan fingerprint density at radius 3 is 2.50 bits per heavy atom. The molecule has 152 valence electrons. The number of ketones is 1. The Morgan fingerprint density at radius 2 is 1.83 bits per heavy atom. The van der Waals surface area contributed by atoms with Crippen LogP contribution in [0, 0.1) is 0 Å². The van der Waals surface area contributed by atoms with Crippen molar-refractivity contribution < 1.29 is 19.3 Å². The van der Waals surface area contributed by atoms with Gasteiger partial charge in [0, 0.05) is 23.0 Å². The third kappa shape index (κ3) is 3.93.